The summed E-state index contributed by atoms with van der Waals surface area (Å²) in [5.41, 5.74) is -2.21. The van der Waals surface area contributed by atoms with Gasteiger partial charge in [0.1, 0.15) is 17.3 Å². The highest BCUT2D eigenvalue weighted by Gasteiger charge is 2.75. The van der Waals surface area contributed by atoms with Crippen LogP contribution >= 0.6 is 11.6 Å². The van der Waals surface area contributed by atoms with E-state index in [-0.39, 0.29) is 12.3 Å². The van der Waals surface area contributed by atoms with Crippen molar-refractivity contribution in [2.24, 2.45) is 5.92 Å². The summed E-state index contributed by atoms with van der Waals surface area (Å²) in [4.78, 5) is 11.2. The molecular weight excluding hydrogens is 276 g/mol. The lowest BCUT2D eigenvalue weighted by atomic mass is 9.74. The first-order valence-electron chi connectivity index (χ1n) is 6.01. The average Bonchev–Trinajstić information content (AvgIpc) is 2.54. The Kier molecular flexibility index (Phi) is 2.75. The van der Waals surface area contributed by atoms with Crippen molar-refractivity contribution >= 4 is 17.6 Å². The van der Waals surface area contributed by atoms with Crippen molar-refractivity contribution in [1.29, 1.82) is 0 Å². The Morgan fingerprint density at radius 2 is 2.37 bits per heavy atom. The topological polar surface area (TPSA) is 85.2 Å². The van der Waals surface area contributed by atoms with E-state index in [9.17, 15) is 15.0 Å². The number of fused-ring (bicyclic) bond motifs is 1. The van der Waals surface area contributed by atoms with Gasteiger partial charge in [0, 0.05) is 18.9 Å². The number of aliphatic hydroxyl groups is 2. The van der Waals surface area contributed by atoms with E-state index >= 15 is 0 Å². The van der Waals surface area contributed by atoms with E-state index in [2.05, 4.69) is 6.58 Å². The first-order chi connectivity index (χ1) is 8.85. The molecule has 0 aromatic heterocycles. The van der Waals surface area contributed by atoms with Gasteiger partial charge < -0.3 is 24.4 Å². The maximum atomic E-state index is 11.2. The van der Waals surface area contributed by atoms with Crippen LogP contribution in [0.4, 0.5) is 0 Å². The quantitative estimate of drug-likeness (QED) is 0.420. The van der Waals surface area contributed by atoms with Gasteiger partial charge in [-0.05, 0) is 0 Å². The number of esters is 1. The van der Waals surface area contributed by atoms with Crippen molar-refractivity contribution in [3.63, 3.8) is 0 Å². The van der Waals surface area contributed by atoms with E-state index in [1.54, 1.807) is 0 Å². The minimum atomic E-state index is -1.39. The number of hydrogen-bond donors (Lipinski definition) is 2. The molecule has 4 aliphatic rings. The molecule has 1 aliphatic carbocycles. The molecule has 6 atom stereocenters. The molecule has 7 heteroatoms. The number of ether oxygens (including phenoxy) is 3. The maximum absolute atomic E-state index is 11.2. The molecule has 4 fully saturated rings. The minimum absolute atomic E-state index is 0.0257. The van der Waals surface area contributed by atoms with Crippen LogP contribution in [0.2, 0.25) is 0 Å². The molecule has 0 spiro atoms. The van der Waals surface area contributed by atoms with E-state index < -0.39 is 41.8 Å². The molecule has 3 heterocycles. The Morgan fingerprint density at radius 3 is 2.95 bits per heavy atom. The SMILES string of the molecule is C=C1[C@H]2O[C@H](O)[C@@H]3[C@@](CCl)(O2)[C@@H](OC(C)=O)C[C@]13O. The normalized spacial score (nSPS) is 51.5. The fraction of sp³-hybridized carbons (Fsp3) is 0.750. The molecule has 4 rings (SSSR count). The summed E-state index contributed by atoms with van der Waals surface area (Å²) in [5, 5.41) is 20.8. The molecule has 106 valence electrons. The van der Waals surface area contributed by atoms with Gasteiger partial charge in [0.05, 0.1) is 11.8 Å². The monoisotopic (exact) mass is 290 g/mol. The van der Waals surface area contributed by atoms with Gasteiger partial charge in [0.2, 0.25) is 0 Å². The Morgan fingerprint density at radius 1 is 1.68 bits per heavy atom. The number of carbonyl (C=O) groups is 1. The van der Waals surface area contributed by atoms with Crippen LogP contribution in [0, 0.1) is 5.92 Å². The maximum Gasteiger partial charge on any atom is 0.303 e. The second-order valence-electron chi connectivity index (χ2n) is 5.29. The summed E-state index contributed by atoms with van der Waals surface area (Å²) in [6, 6.07) is 0. The smallest absolute Gasteiger partial charge is 0.303 e. The van der Waals surface area contributed by atoms with Gasteiger partial charge in [-0.2, -0.15) is 0 Å². The first kappa shape index (κ1) is 13.3. The number of hydrogen-bond acceptors (Lipinski definition) is 6. The molecule has 3 aliphatic heterocycles. The zero-order chi connectivity index (χ0) is 14.0. The average molecular weight is 291 g/mol. The van der Waals surface area contributed by atoms with Crippen LogP contribution in [0.25, 0.3) is 0 Å². The highest BCUT2D eigenvalue weighted by molar-refractivity contribution is 6.18. The van der Waals surface area contributed by atoms with E-state index in [1.165, 1.54) is 6.92 Å². The van der Waals surface area contributed by atoms with Gasteiger partial charge in [-0.25, -0.2) is 0 Å². The van der Waals surface area contributed by atoms with E-state index in [4.69, 9.17) is 25.8 Å². The lowest BCUT2D eigenvalue weighted by Crippen LogP contribution is -2.68. The van der Waals surface area contributed by atoms with Gasteiger partial charge in [0.15, 0.2) is 12.6 Å². The molecule has 0 aromatic rings. The first-order valence-corrected chi connectivity index (χ1v) is 6.55. The molecular formula is C12H15ClO6. The lowest BCUT2D eigenvalue weighted by Gasteiger charge is -2.55. The lowest BCUT2D eigenvalue weighted by molar-refractivity contribution is -0.380. The molecule has 19 heavy (non-hydrogen) atoms. The number of aliphatic hydroxyl groups excluding tert-OH is 1. The summed E-state index contributed by atoms with van der Waals surface area (Å²) in [6.07, 6.45) is -2.81. The molecule has 2 N–H and O–H groups in total. The fourth-order valence-corrected chi connectivity index (χ4v) is 3.88. The van der Waals surface area contributed by atoms with Gasteiger partial charge in [0.25, 0.3) is 0 Å². The molecule has 1 saturated carbocycles. The third kappa shape index (κ3) is 1.49. The van der Waals surface area contributed by atoms with Crippen LogP contribution in [0.15, 0.2) is 12.2 Å². The second kappa shape index (κ2) is 3.93. The van der Waals surface area contributed by atoms with Gasteiger partial charge >= 0.3 is 5.97 Å². The fourth-order valence-electron chi connectivity index (χ4n) is 3.48. The molecule has 0 unspecified atom stereocenters. The third-order valence-corrected chi connectivity index (χ3v) is 4.73. The molecule has 0 amide bonds. The zero-order valence-corrected chi connectivity index (χ0v) is 11.1. The molecule has 4 bridgehead atoms. The summed E-state index contributed by atoms with van der Waals surface area (Å²) >= 11 is 5.99. The summed E-state index contributed by atoms with van der Waals surface area (Å²) in [7, 11) is 0. The van der Waals surface area contributed by atoms with Gasteiger partial charge in [-0.1, -0.05) is 6.58 Å². The number of carbonyl (C=O) groups excluding carboxylic acids is 1. The number of alkyl halides is 1. The van der Waals surface area contributed by atoms with Crippen LogP contribution in [0.3, 0.4) is 0 Å². The van der Waals surface area contributed by atoms with Crippen LogP contribution < -0.4 is 0 Å². The highest BCUT2D eigenvalue weighted by atomic mass is 35.5. The van der Waals surface area contributed by atoms with Crippen LogP contribution in [0.5, 0.6) is 0 Å². The third-order valence-electron chi connectivity index (χ3n) is 4.31. The van der Waals surface area contributed by atoms with Gasteiger partial charge in [-0.15, -0.1) is 11.6 Å². The summed E-state index contributed by atoms with van der Waals surface area (Å²) < 4.78 is 16.1. The standard InChI is InChI=1S/C12H15ClO6/c1-5-10-18-9(15)8-11(5,16)3-7(17-6(2)14)12(8,4-13)19-10/h7-10,15-16H,1,3-4H2,2H3/t7-,8-,9-,10-,11-,12-/m0/s1. The van der Waals surface area contributed by atoms with Gasteiger partial charge in [-0.3, -0.25) is 4.79 Å². The molecule has 0 radical (unpaired) electrons. The van der Waals surface area contributed by atoms with Crippen molar-refractivity contribution in [3.05, 3.63) is 12.2 Å². The predicted octanol–water partition coefficient (Wildman–Crippen LogP) is -0.0922. The Hall–Kier alpha value is -0.660. The Balaban J connectivity index is 2.07. The molecule has 3 saturated heterocycles. The highest BCUT2D eigenvalue weighted by Crippen LogP contribution is 2.60. The van der Waals surface area contributed by atoms with Crippen molar-refractivity contribution in [3.8, 4) is 0 Å². The second-order valence-corrected chi connectivity index (χ2v) is 5.56. The van der Waals surface area contributed by atoms with Crippen molar-refractivity contribution in [2.75, 3.05) is 5.88 Å². The molecule has 0 aromatic carbocycles. The van der Waals surface area contributed by atoms with Crippen molar-refractivity contribution < 1.29 is 29.2 Å². The molecule has 6 nitrogen and oxygen atoms in total. The van der Waals surface area contributed by atoms with Crippen molar-refractivity contribution in [1.82, 2.24) is 0 Å². The number of rotatable bonds is 2. The van der Waals surface area contributed by atoms with E-state index in [0.29, 0.717) is 5.57 Å². The Bertz CT molecular complexity index is 454. The van der Waals surface area contributed by atoms with Crippen molar-refractivity contribution in [2.45, 2.75) is 43.2 Å². The largest absolute Gasteiger partial charge is 0.459 e. The summed E-state index contributed by atoms with van der Waals surface area (Å²) in [6.45, 7) is 5.04. The van der Waals surface area contributed by atoms with E-state index in [0.717, 1.165) is 0 Å². The Labute approximate surface area is 114 Å². The minimum Gasteiger partial charge on any atom is -0.459 e. The zero-order valence-electron chi connectivity index (χ0n) is 10.3. The van der Waals surface area contributed by atoms with E-state index in [1.807, 2.05) is 0 Å². The van der Waals surface area contributed by atoms with Crippen LogP contribution in [0.1, 0.15) is 13.3 Å². The van der Waals surface area contributed by atoms with Crippen LogP contribution in [-0.4, -0.2) is 51.9 Å². The number of halogens is 1. The predicted molar refractivity (Wildman–Crippen MR) is 63.2 cm³/mol. The van der Waals surface area contributed by atoms with Crippen LogP contribution in [-0.2, 0) is 19.0 Å². The summed E-state index contributed by atoms with van der Waals surface area (Å²) in [5.74, 6) is -1.34.